The summed E-state index contributed by atoms with van der Waals surface area (Å²) in [7, 11) is 0. The largest absolute Gasteiger partial charge is 0.381 e. The number of hydrogen-bond donors (Lipinski definition) is 1. The van der Waals surface area contributed by atoms with E-state index in [9.17, 15) is 0 Å². The minimum Gasteiger partial charge on any atom is -0.381 e. The van der Waals surface area contributed by atoms with Crippen molar-refractivity contribution in [2.45, 2.75) is 18.9 Å². The molecule has 154 valence electrons. The highest BCUT2D eigenvalue weighted by Crippen LogP contribution is 2.47. The van der Waals surface area contributed by atoms with Crippen molar-refractivity contribution in [3.8, 4) is 11.3 Å². The van der Waals surface area contributed by atoms with Crippen LogP contribution in [-0.4, -0.2) is 59.0 Å². The highest BCUT2D eigenvalue weighted by molar-refractivity contribution is 5.83. The Morgan fingerprint density at radius 1 is 1.00 bits per heavy atom. The lowest BCUT2D eigenvalue weighted by molar-refractivity contribution is 0.0540. The molecule has 4 heterocycles. The van der Waals surface area contributed by atoms with Crippen LogP contribution >= 0.6 is 0 Å². The van der Waals surface area contributed by atoms with Gasteiger partial charge in [-0.2, -0.15) is 0 Å². The standard InChI is InChI=1S/C24H27N5O/c1-2-17-12-18(3-4-21(17)25-9-1)22-5-6-23(28-27-22)26-24-19-14-29(15-20(19)24)13-16-7-10-30-11-8-16/h1-6,9,12,16,19-20,24H,7-8,10-11,13-15H2,(H,26,28)/t19-,20+,24+. The summed E-state index contributed by atoms with van der Waals surface area (Å²) in [6.07, 6.45) is 4.27. The first kappa shape index (κ1) is 18.2. The van der Waals surface area contributed by atoms with Crippen LogP contribution in [0.3, 0.4) is 0 Å². The minimum absolute atomic E-state index is 0.558. The van der Waals surface area contributed by atoms with Crippen LogP contribution < -0.4 is 5.32 Å². The Labute approximate surface area is 176 Å². The monoisotopic (exact) mass is 401 g/mol. The van der Waals surface area contributed by atoms with Crippen molar-refractivity contribution in [3.63, 3.8) is 0 Å². The van der Waals surface area contributed by atoms with Gasteiger partial charge >= 0.3 is 0 Å². The van der Waals surface area contributed by atoms with Gasteiger partial charge in [0.15, 0.2) is 0 Å². The van der Waals surface area contributed by atoms with E-state index in [1.807, 2.05) is 18.3 Å². The van der Waals surface area contributed by atoms with Crippen LogP contribution in [0.5, 0.6) is 0 Å². The van der Waals surface area contributed by atoms with Crippen LogP contribution in [0.1, 0.15) is 12.8 Å². The topological polar surface area (TPSA) is 63.2 Å². The molecular weight excluding hydrogens is 374 g/mol. The van der Waals surface area contributed by atoms with Gasteiger partial charge in [0.1, 0.15) is 5.82 Å². The molecule has 0 unspecified atom stereocenters. The van der Waals surface area contributed by atoms with Gasteiger partial charge in [-0.1, -0.05) is 12.1 Å². The zero-order chi connectivity index (χ0) is 19.9. The highest BCUT2D eigenvalue weighted by atomic mass is 16.5. The first-order valence-corrected chi connectivity index (χ1v) is 11.1. The Morgan fingerprint density at radius 2 is 1.87 bits per heavy atom. The third-order valence-corrected chi connectivity index (χ3v) is 7.00. The van der Waals surface area contributed by atoms with Crippen molar-refractivity contribution in [2.24, 2.45) is 17.8 Å². The third-order valence-electron chi connectivity index (χ3n) is 7.00. The minimum atomic E-state index is 0.558. The van der Waals surface area contributed by atoms with Crippen LogP contribution in [0.4, 0.5) is 5.82 Å². The van der Waals surface area contributed by atoms with E-state index in [4.69, 9.17) is 4.74 Å². The van der Waals surface area contributed by atoms with E-state index >= 15 is 0 Å². The van der Waals surface area contributed by atoms with Gasteiger partial charge in [-0.3, -0.25) is 4.98 Å². The van der Waals surface area contributed by atoms with E-state index < -0.39 is 0 Å². The fourth-order valence-electron chi connectivity index (χ4n) is 5.24. The van der Waals surface area contributed by atoms with Gasteiger partial charge in [-0.05, 0) is 60.9 Å². The van der Waals surface area contributed by atoms with E-state index in [1.54, 1.807) is 0 Å². The lowest BCUT2D eigenvalue weighted by atomic mass is 10.00. The van der Waals surface area contributed by atoms with E-state index in [0.29, 0.717) is 6.04 Å². The molecule has 0 bridgehead atoms. The zero-order valence-electron chi connectivity index (χ0n) is 17.1. The van der Waals surface area contributed by atoms with Gasteiger partial charge < -0.3 is 15.0 Å². The molecule has 6 heteroatoms. The second-order valence-electron chi connectivity index (χ2n) is 8.99. The van der Waals surface area contributed by atoms with Crippen LogP contribution in [-0.2, 0) is 4.74 Å². The molecule has 30 heavy (non-hydrogen) atoms. The van der Waals surface area contributed by atoms with Gasteiger partial charge in [-0.15, -0.1) is 10.2 Å². The van der Waals surface area contributed by atoms with Gasteiger partial charge in [0.2, 0.25) is 0 Å². The molecular formula is C24H27N5O. The summed E-state index contributed by atoms with van der Waals surface area (Å²) < 4.78 is 5.49. The number of aromatic nitrogens is 3. The van der Waals surface area contributed by atoms with Crippen molar-refractivity contribution in [1.29, 1.82) is 0 Å². The van der Waals surface area contributed by atoms with Crippen molar-refractivity contribution < 1.29 is 4.74 Å². The quantitative estimate of drug-likeness (QED) is 0.706. The first-order chi connectivity index (χ1) is 14.8. The average Bonchev–Trinajstić information content (AvgIpc) is 3.23. The number of likely N-dealkylation sites (tertiary alicyclic amines) is 1. The van der Waals surface area contributed by atoms with Crippen molar-refractivity contribution in [1.82, 2.24) is 20.1 Å². The summed E-state index contributed by atoms with van der Waals surface area (Å²) in [5.74, 6) is 3.24. The third kappa shape index (κ3) is 3.55. The summed E-state index contributed by atoms with van der Waals surface area (Å²) in [5.41, 5.74) is 2.96. The van der Waals surface area contributed by atoms with Gasteiger partial charge in [0.25, 0.3) is 0 Å². The Morgan fingerprint density at radius 3 is 2.67 bits per heavy atom. The van der Waals surface area contributed by atoms with Crippen molar-refractivity contribution in [3.05, 3.63) is 48.7 Å². The Kier molecular flexibility index (Phi) is 4.61. The highest BCUT2D eigenvalue weighted by Gasteiger charge is 2.55. The Hall–Kier alpha value is -2.57. The molecule has 3 aliphatic rings. The molecule has 0 radical (unpaired) electrons. The lowest BCUT2D eigenvalue weighted by Gasteiger charge is -2.28. The molecule has 2 aromatic heterocycles. The maximum Gasteiger partial charge on any atom is 0.148 e. The van der Waals surface area contributed by atoms with Crippen LogP contribution in [0.25, 0.3) is 22.2 Å². The summed E-state index contributed by atoms with van der Waals surface area (Å²) >= 11 is 0. The first-order valence-electron chi connectivity index (χ1n) is 11.1. The molecule has 3 atom stereocenters. The number of pyridine rings is 1. The molecule has 2 saturated heterocycles. The second-order valence-corrected chi connectivity index (χ2v) is 8.99. The second kappa shape index (κ2) is 7.60. The zero-order valence-corrected chi connectivity index (χ0v) is 17.1. The number of nitrogens with one attached hydrogen (secondary N) is 1. The van der Waals surface area contributed by atoms with Gasteiger partial charge in [0.05, 0.1) is 11.2 Å². The summed E-state index contributed by atoms with van der Waals surface area (Å²) in [6, 6.07) is 14.9. The predicted octanol–water partition coefficient (Wildman–Crippen LogP) is 3.46. The SMILES string of the molecule is c1cnc2ccc(-c3ccc(N[C@H]4[C@@H]5CN(CC6CCOCC6)C[C@@H]54)nn3)cc2c1. The molecule has 6 rings (SSSR count). The van der Waals surface area contributed by atoms with Crippen molar-refractivity contribution >= 4 is 16.7 Å². The molecule has 1 saturated carbocycles. The molecule has 0 amide bonds. The number of piperidine rings is 1. The normalized spacial score (nSPS) is 26.6. The Balaban J connectivity index is 1.05. The number of rotatable bonds is 5. The van der Waals surface area contributed by atoms with E-state index in [0.717, 1.165) is 58.9 Å². The fourth-order valence-corrected chi connectivity index (χ4v) is 5.24. The van der Waals surface area contributed by atoms with Crippen molar-refractivity contribution in [2.75, 3.05) is 38.2 Å². The molecule has 3 aromatic rings. The van der Waals surface area contributed by atoms with Crippen LogP contribution in [0.2, 0.25) is 0 Å². The summed E-state index contributed by atoms with van der Waals surface area (Å²) in [4.78, 5) is 7.04. The smallest absolute Gasteiger partial charge is 0.148 e. The van der Waals surface area contributed by atoms with Gasteiger partial charge in [0, 0.05) is 56.0 Å². The number of hydrogen-bond acceptors (Lipinski definition) is 6. The van der Waals surface area contributed by atoms with Crippen LogP contribution in [0, 0.1) is 17.8 Å². The lowest BCUT2D eigenvalue weighted by Crippen LogP contribution is -2.34. The molecule has 3 fully saturated rings. The maximum absolute atomic E-state index is 5.49. The average molecular weight is 402 g/mol. The fraction of sp³-hybridized carbons (Fsp3) is 0.458. The molecule has 1 aromatic carbocycles. The number of nitrogens with zero attached hydrogens (tertiary/aromatic N) is 4. The molecule has 6 nitrogen and oxygen atoms in total. The predicted molar refractivity (Wildman–Crippen MR) is 117 cm³/mol. The van der Waals surface area contributed by atoms with E-state index in [2.05, 4.69) is 55.7 Å². The van der Waals surface area contributed by atoms with Crippen LogP contribution in [0.15, 0.2) is 48.7 Å². The number of anilines is 1. The maximum atomic E-state index is 5.49. The number of ether oxygens (including phenoxy) is 1. The number of fused-ring (bicyclic) bond motifs is 2. The van der Waals surface area contributed by atoms with E-state index in [-0.39, 0.29) is 0 Å². The molecule has 2 aliphatic heterocycles. The summed E-state index contributed by atoms with van der Waals surface area (Å²) in [5, 5.41) is 13.7. The van der Waals surface area contributed by atoms with Gasteiger partial charge in [-0.25, -0.2) is 0 Å². The molecule has 1 aliphatic carbocycles. The Bertz CT molecular complexity index is 1020. The molecule has 1 N–H and O–H groups in total. The number of benzene rings is 1. The summed E-state index contributed by atoms with van der Waals surface area (Å²) in [6.45, 7) is 5.58. The van der Waals surface area contributed by atoms with E-state index in [1.165, 1.54) is 32.5 Å². The molecule has 0 spiro atoms.